The number of aromatic nitrogens is 2. The maximum Gasteiger partial charge on any atom is 0.181 e. The Labute approximate surface area is 161 Å². The molecule has 1 aliphatic rings. The smallest absolute Gasteiger partial charge is 0.181 e. The molecule has 0 atom stereocenters. The first-order valence-electron chi connectivity index (χ1n) is 8.32. The van der Waals surface area contributed by atoms with Crippen molar-refractivity contribution < 1.29 is 4.74 Å². The second-order valence-electron chi connectivity index (χ2n) is 6.30. The first kappa shape index (κ1) is 17.2. The van der Waals surface area contributed by atoms with Crippen LogP contribution < -0.4 is 0 Å². The molecule has 0 amide bonds. The number of hydrogen-bond donors (Lipinski definition) is 0. The molecule has 132 valence electrons. The summed E-state index contributed by atoms with van der Waals surface area (Å²) in [6.07, 6.45) is 1.11. The third-order valence-electron chi connectivity index (χ3n) is 4.73. The van der Waals surface area contributed by atoms with Crippen LogP contribution in [0.4, 0.5) is 0 Å². The SMILES string of the molecule is COCCn1c(=S)n(CN2CCc3sccc3C2)c2cc(Cl)ccc21. The first-order chi connectivity index (χ1) is 12.2. The van der Waals surface area contributed by atoms with Gasteiger partial charge in [0, 0.05) is 36.6 Å². The highest BCUT2D eigenvalue weighted by Gasteiger charge is 2.19. The van der Waals surface area contributed by atoms with E-state index in [1.165, 1.54) is 10.4 Å². The van der Waals surface area contributed by atoms with Gasteiger partial charge in [0.15, 0.2) is 4.77 Å². The Morgan fingerprint density at radius 3 is 2.96 bits per heavy atom. The number of fused-ring (bicyclic) bond motifs is 2. The van der Waals surface area contributed by atoms with Crippen LogP contribution in [0, 0.1) is 4.77 Å². The molecule has 3 heterocycles. The van der Waals surface area contributed by atoms with E-state index in [2.05, 4.69) is 25.5 Å². The van der Waals surface area contributed by atoms with Crippen molar-refractivity contribution >= 4 is 46.2 Å². The molecule has 4 rings (SSSR count). The number of halogens is 1. The molecule has 0 radical (unpaired) electrons. The van der Waals surface area contributed by atoms with Crippen molar-refractivity contribution in [1.29, 1.82) is 0 Å². The van der Waals surface area contributed by atoms with Crippen molar-refractivity contribution in [3.8, 4) is 0 Å². The van der Waals surface area contributed by atoms with Crippen LogP contribution in [-0.2, 0) is 30.9 Å². The van der Waals surface area contributed by atoms with Crippen LogP contribution in [0.5, 0.6) is 0 Å². The van der Waals surface area contributed by atoms with Gasteiger partial charge < -0.3 is 13.9 Å². The lowest BCUT2D eigenvalue weighted by Gasteiger charge is -2.27. The number of benzene rings is 1. The van der Waals surface area contributed by atoms with Gasteiger partial charge in [0.25, 0.3) is 0 Å². The first-order valence-corrected chi connectivity index (χ1v) is 9.99. The van der Waals surface area contributed by atoms with E-state index >= 15 is 0 Å². The summed E-state index contributed by atoms with van der Waals surface area (Å²) in [5, 5.41) is 2.93. The summed E-state index contributed by atoms with van der Waals surface area (Å²) in [6, 6.07) is 8.22. The van der Waals surface area contributed by atoms with Crippen LogP contribution >= 0.6 is 35.2 Å². The molecule has 1 aliphatic heterocycles. The molecule has 0 bridgehead atoms. The van der Waals surface area contributed by atoms with E-state index in [0.717, 1.165) is 53.6 Å². The topological polar surface area (TPSA) is 22.3 Å². The molecule has 0 saturated heterocycles. The van der Waals surface area contributed by atoms with Gasteiger partial charge in [-0.3, -0.25) is 4.90 Å². The van der Waals surface area contributed by atoms with E-state index in [1.807, 2.05) is 29.5 Å². The molecule has 0 fully saturated rings. The average molecular weight is 394 g/mol. The Morgan fingerprint density at radius 1 is 1.24 bits per heavy atom. The molecule has 25 heavy (non-hydrogen) atoms. The van der Waals surface area contributed by atoms with Crippen LogP contribution in [0.3, 0.4) is 0 Å². The number of ether oxygens (including phenoxy) is 1. The number of thiophene rings is 1. The summed E-state index contributed by atoms with van der Waals surface area (Å²) in [6.45, 7) is 4.20. The number of hydrogen-bond acceptors (Lipinski definition) is 4. The van der Waals surface area contributed by atoms with Crippen LogP contribution in [0.2, 0.25) is 5.02 Å². The van der Waals surface area contributed by atoms with Gasteiger partial charge in [-0.2, -0.15) is 0 Å². The Balaban J connectivity index is 1.70. The normalized spacial score (nSPS) is 15.0. The zero-order chi connectivity index (χ0) is 17.4. The molecule has 0 N–H and O–H groups in total. The predicted octanol–water partition coefficient (Wildman–Crippen LogP) is 4.55. The predicted molar refractivity (Wildman–Crippen MR) is 106 cm³/mol. The van der Waals surface area contributed by atoms with Crippen LogP contribution in [0.1, 0.15) is 10.4 Å². The van der Waals surface area contributed by atoms with E-state index in [-0.39, 0.29) is 0 Å². The molecule has 3 aromatic rings. The van der Waals surface area contributed by atoms with Crippen molar-refractivity contribution in [1.82, 2.24) is 14.0 Å². The molecule has 1 aromatic carbocycles. The fourth-order valence-electron chi connectivity index (χ4n) is 3.46. The fraction of sp³-hybridized carbons (Fsp3) is 0.389. The molecule has 0 aliphatic carbocycles. The Bertz CT molecular complexity index is 959. The lowest BCUT2D eigenvalue weighted by molar-refractivity contribution is 0.185. The van der Waals surface area contributed by atoms with Gasteiger partial charge >= 0.3 is 0 Å². The van der Waals surface area contributed by atoms with Crippen LogP contribution in [-0.4, -0.2) is 34.3 Å². The van der Waals surface area contributed by atoms with E-state index in [9.17, 15) is 0 Å². The number of methoxy groups -OCH3 is 1. The highest BCUT2D eigenvalue weighted by Crippen LogP contribution is 2.27. The summed E-state index contributed by atoms with van der Waals surface area (Å²) in [5.74, 6) is 0. The van der Waals surface area contributed by atoms with Crippen LogP contribution in [0.25, 0.3) is 11.0 Å². The molecule has 0 saturated carbocycles. The second-order valence-corrected chi connectivity index (χ2v) is 8.10. The monoisotopic (exact) mass is 393 g/mol. The maximum atomic E-state index is 6.26. The summed E-state index contributed by atoms with van der Waals surface area (Å²) in [4.78, 5) is 3.97. The molecule has 2 aromatic heterocycles. The molecular weight excluding hydrogens is 374 g/mol. The van der Waals surface area contributed by atoms with Crippen molar-refractivity contribution in [3.05, 3.63) is 49.9 Å². The summed E-state index contributed by atoms with van der Waals surface area (Å²) in [5.41, 5.74) is 3.65. The number of nitrogens with zero attached hydrogens (tertiary/aromatic N) is 3. The van der Waals surface area contributed by atoms with E-state index in [4.69, 9.17) is 28.6 Å². The summed E-state index contributed by atoms with van der Waals surface area (Å²) in [7, 11) is 1.71. The zero-order valence-corrected chi connectivity index (χ0v) is 16.5. The van der Waals surface area contributed by atoms with Gasteiger partial charge in [0.05, 0.1) is 24.3 Å². The number of rotatable bonds is 5. The minimum Gasteiger partial charge on any atom is -0.383 e. The van der Waals surface area contributed by atoms with E-state index in [0.29, 0.717) is 6.61 Å². The molecule has 0 spiro atoms. The Morgan fingerprint density at radius 2 is 2.12 bits per heavy atom. The number of imidazole rings is 1. The largest absolute Gasteiger partial charge is 0.383 e. The van der Waals surface area contributed by atoms with Crippen molar-refractivity contribution in [2.24, 2.45) is 0 Å². The Hall–Kier alpha value is -1.18. The Kier molecular flexibility index (Phi) is 4.97. The third kappa shape index (κ3) is 3.29. The zero-order valence-electron chi connectivity index (χ0n) is 14.1. The van der Waals surface area contributed by atoms with Crippen molar-refractivity contribution in [3.63, 3.8) is 0 Å². The molecular formula is C18H20ClN3OS2. The van der Waals surface area contributed by atoms with Gasteiger partial charge in [-0.15, -0.1) is 11.3 Å². The van der Waals surface area contributed by atoms with Gasteiger partial charge in [-0.25, -0.2) is 0 Å². The lowest BCUT2D eigenvalue weighted by Crippen LogP contribution is -2.31. The quantitative estimate of drug-likeness (QED) is 0.594. The molecule has 4 nitrogen and oxygen atoms in total. The minimum atomic E-state index is 0.637. The van der Waals surface area contributed by atoms with Gasteiger partial charge in [0.2, 0.25) is 0 Å². The summed E-state index contributed by atoms with van der Waals surface area (Å²) < 4.78 is 10.4. The summed E-state index contributed by atoms with van der Waals surface area (Å²) >= 11 is 13.9. The highest BCUT2D eigenvalue weighted by molar-refractivity contribution is 7.71. The van der Waals surface area contributed by atoms with Gasteiger partial charge in [-0.1, -0.05) is 11.6 Å². The van der Waals surface area contributed by atoms with Gasteiger partial charge in [0.1, 0.15) is 0 Å². The van der Waals surface area contributed by atoms with Gasteiger partial charge in [-0.05, 0) is 53.8 Å². The third-order valence-corrected chi connectivity index (χ3v) is 6.43. The second kappa shape index (κ2) is 7.21. The minimum absolute atomic E-state index is 0.637. The van der Waals surface area contributed by atoms with E-state index < -0.39 is 0 Å². The average Bonchev–Trinajstić information content (AvgIpc) is 3.17. The fourth-order valence-corrected chi connectivity index (χ4v) is 4.86. The van der Waals surface area contributed by atoms with E-state index in [1.54, 1.807) is 7.11 Å². The highest BCUT2D eigenvalue weighted by atomic mass is 35.5. The van der Waals surface area contributed by atoms with Crippen molar-refractivity contribution in [2.75, 3.05) is 20.3 Å². The van der Waals surface area contributed by atoms with Crippen LogP contribution in [0.15, 0.2) is 29.6 Å². The lowest BCUT2D eigenvalue weighted by atomic mass is 10.1. The van der Waals surface area contributed by atoms with Crippen molar-refractivity contribution in [2.45, 2.75) is 26.2 Å². The molecule has 7 heteroatoms. The molecule has 0 unspecified atom stereocenters. The standard InChI is InChI=1S/C18H20ClN3OS2/c1-23-8-7-21-15-3-2-14(19)10-16(15)22(18(21)24)12-20-6-4-17-13(11-20)5-9-25-17/h2-3,5,9-10H,4,6-8,11-12H2,1H3. The maximum absolute atomic E-state index is 6.26.